The molecule has 1 unspecified atom stereocenters. The molecule has 5 rings (SSSR count). The molecule has 1 aliphatic heterocycles. The second-order valence-electron chi connectivity index (χ2n) is 7.61. The Hall–Kier alpha value is -4.38. The Balaban J connectivity index is 1.63. The number of H-pyrrole nitrogens is 1. The van der Waals surface area contributed by atoms with Gasteiger partial charge in [0.05, 0.1) is 17.6 Å². The molecule has 0 saturated heterocycles. The fourth-order valence-electron chi connectivity index (χ4n) is 4.35. The first kappa shape index (κ1) is 19.6. The van der Waals surface area contributed by atoms with E-state index in [1.807, 2.05) is 54.6 Å². The van der Waals surface area contributed by atoms with Crippen molar-refractivity contribution in [3.8, 4) is 17.6 Å². The first-order valence-corrected chi connectivity index (χ1v) is 10.3. The maximum atomic E-state index is 13.1. The van der Waals surface area contributed by atoms with Gasteiger partial charge in [-0.15, -0.1) is 0 Å². The lowest BCUT2D eigenvalue weighted by Gasteiger charge is -2.38. The number of nitrogens with zero attached hydrogens (tertiary/aromatic N) is 4. The van der Waals surface area contributed by atoms with Gasteiger partial charge in [-0.25, -0.2) is 5.10 Å². The zero-order valence-corrected chi connectivity index (χ0v) is 17.2. The van der Waals surface area contributed by atoms with E-state index in [0.29, 0.717) is 47.9 Å². The first-order chi connectivity index (χ1) is 15.7. The largest absolute Gasteiger partial charge is 0.457 e. The number of carbonyl (C=O) groups is 1. The van der Waals surface area contributed by atoms with Crippen LogP contribution < -0.4 is 15.4 Å². The number of ketones is 1. The molecular weight excluding hydrogens is 404 g/mol. The van der Waals surface area contributed by atoms with Gasteiger partial charge in [-0.1, -0.05) is 30.3 Å². The van der Waals surface area contributed by atoms with Crippen LogP contribution in [0.2, 0.25) is 0 Å². The Morgan fingerprint density at radius 3 is 2.69 bits per heavy atom. The van der Waals surface area contributed by atoms with Crippen LogP contribution in [0.25, 0.3) is 0 Å². The molecule has 0 fully saturated rings. The summed E-state index contributed by atoms with van der Waals surface area (Å²) in [5.41, 5.74) is 8.90. The number of para-hydroxylation sites is 1. The molecular formula is C24H20N6O2. The van der Waals surface area contributed by atoms with Crippen LogP contribution in [0.3, 0.4) is 0 Å². The monoisotopic (exact) mass is 424 g/mol. The molecule has 8 heteroatoms. The molecule has 2 aliphatic rings. The molecule has 0 bridgehead atoms. The highest BCUT2D eigenvalue weighted by molar-refractivity contribution is 6.01. The lowest BCUT2D eigenvalue weighted by Crippen LogP contribution is -2.39. The van der Waals surface area contributed by atoms with Gasteiger partial charge in [0.15, 0.2) is 5.78 Å². The van der Waals surface area contributed by atoms with Crippen LogP contribution in [0.15, 0.2) is 83.6 Å². The molecule has 0 saturated carbocycles. The van der Waals surface area contributed by atoms with Crippen molar-refractivity contribution >= 4 is 11.7 Å². The number of nitrogens with one attached hydrogen (secondary N) is 1. The van der Waals surface area contributed by atoms with E-state index >= 15 is 0 Å². The van der Waals surface area contributed by atoms with Gasteiger partial charge in [0.25, 0.3) is 0 Å². The molecule has 158 valence electrons. The van der Waals surface area contributed by atoms with E-state index in [-0.39, 0.29) is 11.6 Å². The molecule has 8 nitrogen and oxygen atoms in total. The van der Waals surface area contributed by atoms with E-state index in [0.717, 1.165) is 11.3 Å². The van der Waals surface area contributed by atoms with Crippen molar-refractivity contribution in [3.05, 3.63) is 89.2 Å². The number of rotatable bonds is 4. The maximum Gasteiger partial charge on any atom is 0.231 e. The van der Waals surface area contributed by atoms with Crippen LogP contribution in [0, 0.1) is 11.3 Å². The predicted octanol–water partition coefficient (Wildman–Crippen LogP) is 3.90. The van der Waals surface area contributed by atoms with Crippen molar-refractivity contribution in [1.82, 2.24) is 15.2 Å². The molecule has 2 heterocycles. The number of ether oxygens (including phenoxy) is 1. The number of benzene rings is 2. The van der Waals surface area contributed by atoms with E-state index < -0.39 is 5.92 Å². The molecule has 0 radical (unpaired) electrons. The summed E-state index contributed by atoms with van der Waals surface area (Å²) in [5.74, 6) is 1.40. The van der Waals surface area contributed by atoms with Crippen molar-refractivity contribution in [3.63, 3.8) is 0 Å². The van der Waals surface area contributed by atoms with Crippen molar-refractivity contribution in [2.45, 2.75) is 25.2 Å². The SMILES string of the molecule is N#CC1=C(N)N(c2ncn[nH]2)C2=C(C(=O)CCC2)C1c1cccc(Oc2ccccc2)c1. The molecule has 2 aromatic carbocycles. The van der Waals surface area contributed by atoms with Gasteiger partial charge in [0, 0.05) is 17.7 Å². The molecule has 0 amide bonds. The number of Topliss-reactive ketones (excluding diaryl/α,β-unsaturated/α-hetero) is 1. The highest BCUT2D eigenvalue weighted by atomic mass is 16.5. The molecule has 1 aromatic heterocycles. The van der Waals surface area contributed by atoms with Crippen LogP contribution in [0.4, 0.5) is 5.95 Å². The molecule has 1 aliphatic carbocycles. The summed E-state index contributed by atoms with van der Waals surface area (Å²) in [5, 5.41) is 16.8. The van der Waals surface area contributed by atoms with Crippen molar-refractivity contribution in [2.75, 3.05) is 4.90 Å². The van der Waals surface area contributed by atoms with Gasteiger partial charge < -0.3 is 10.5 Å². The Morgan fingerprint density at radius 2 is 1.94 bits per heavy atom. The third-order valence-electron chi connectivity index (χ3n) is 5.70. The van der Waals surface area contributed by atoms with Crippen LogP contribution in [-0.4, -0.2) is 21.0 Å². The number of hydrogen-bond acceptors (Lipinski definition) is 7. The minimum absolute atomic E-state index is 0.00963. The van der Waals surface area contributed by atoms with Gasteiger partial charge >= 0.3 is 0 Å². The lowest BCUT2D eigenvalue weighted by atomic mass is 9.75. The molecule has 32 heavy (non-hydrogen) atoms. The average molecular weight is 424 g/mol. The molecule has 3 aromatic rings. The Labute approximate surface area is 184 Å². The van der Waals surface area contributed by atoms with E-state index in [1.54, 1.807) is 4.90 Å². The van der Waals surface area contributed by atoms with Crippen molar-refractivity contribution in [1.29, 1.82) is 5.26 Å². The fourth-order valence-corrected chi connectivity index (χ4v) is 4.35. The highest BCUT2D eigenvalue weighted by Gasteiger charge is 2.41. The van der Waals surface area contributed by atoms with E-state index in [1.165, 1.54) is 6.33 Å². The van der Waals surface area contributed by atoms with Gasteiger partial charge in [-0.2, -0.15) is 15.3 Å². The first-order valence-electron chi connectivity index (χ1n) is 10.3. The minimum Gasteiger partial charge on any atom is -0.457 e. The topological polar surface area (TPSA) is 121 Å². The quantitative estimate of drug-likeness (QED) is 0.651. The number of carbonyl (C=O) groups excluding carboxylic acids is 1. The number of nitriles is 1. The van der Waals surface area contributed by atoms with Crippen LogP contribution in [0.5, 0.6) is 11.5 Å². The van der Waals surface area contributed by atoms with Crippen LogP contribution >= 0.6 is 0 Å². The molecule has 3 N–H and O–H groups in total. The predicted molar refractivity (Wildman–Crippen MR) is 117 cm³/mol. The number of anilines is 1. The number of hydrogen-bond donors (Lipinski definition) is 2. The summed E-state index contributed by atoms with van der Waals surface area (Å²) in [6.45, 7) is 0. The van der Waals surface area contributed by atoms with Crippen molar-refractivity contribution in [2.24, 2.45) is 5.73 Å². The number of aromatic amines is 1. The Morgan fingerprint density at radius 1 is 1.12 bits per heavy atom. The number of nitrogens with two attached hydrogens (primary N) is 1. The second kappa shape index (κ2) is 8.04. The van der Waals surface area contributed by atoms with E-state index in [4.69, 9.17) is 10.5 Å². The van der Waals surface area contributed by atoms with Crippen LogP contribution in [-0.2, 0) is 4.79 Å². The zero-order chi connectivity index (χ0) is 22.1. The minimum atomic E-state index is -0.568. The van der Waals surface area contributed by atoms with E-state index in [2.05, 4.69) is 21.3 Å². The third kappa shape index (κ3) is 3.30. The summed E-state index contributed by atoms with van der Waals surface area (Å²) < 4.78 is 5.98. The maximum absolute atomic E-state index is 13.1. The van der Waals surface area contributed by atoms with Gasteiger partial charge in [-0.3, -0.25) is 9.69 Å². The van der Waals surface area contributed by atoms with Crippen LogP contribution in [0.1, 0.15) is 30.7 Å². The molecule has 0 spiro atoms. The fraction of sp³-hybridized carbons (Fsp3) is 0.167. The van der Waals surface area contributed by atoms with Gasteiger partial charge in [-0.05, 0) is 42.7 Å². The summed E-state index contributed by atoms with van der Waals surface area (Å²) in [7, 11) is 0. The summed E-state index contributed by atoms with van der Waals surface area (Å²) >= 11 is 0. The number of allylic oxidation sites excluding steroid dienone is 3. The smallest absolute Gasteiger partial charge is 0.231 e. The third-order valence-corrected chi connectivity index (χ3v) is 5.70. The summed E-state index contributed by atoms with van der Waals surface area (Å²) in [6.07, 6.45) is 3.16. The summed E-state index contributed by atoms with van der Waals surface area (Å²) in [6, 6.07) is 19.1. The normalized spacial score (nSPS) is 18.4. The Kier molecular flexibility index (Phi) is 4.92. The van der Waals surface area contributed by atoms with Crippen molar-refractivity contribution < 1.29 is 9.53 Å². The zero-order valence-electron chi connectivity index (χ0n) is 17.2. The second-order valence-corrected chi connectivity index (χ2v) is 7.61. The van der Waals surface area contributed by atoms with Gasteiger partial charge in [0.2, 0.25) is 5.95 Å². The Bertz CT molecular complexity index is 1270. The summed E-state index contributed by atoms with van der Waals surface area (Å²) in [4.78, 5) is 19.0. The average Bonchev–Trinajstić information content (AvgIpc) is 3.34. The highest BCUT2D eigenvalue weighted by Crippen LogP contribution is 2.46. The standard InChI is InChI=1S/C24H20N6O2/c25-13-18-21(15-6-4-9-17(12-15)32-16-7-2-1-3-8-16)22-19(10-5-11-20(22)31)30(23(18)26)24-27-14-28-29-24/h1-4,6-9,12,14,21H,5,10-11,26H2,(H,27,28,29). The van der Waals surface area contributed by atoms with Gasteiger partial charge in [0.1, 0.15) is 23.6 Å². The number of aromatic nitrogens is 3. The lowest BCUT2D eigenvalue weighted by molar-refractivity contribution is -0.116. The molecule has 1 atom stereocenters. The van der Waals surface area contributed by atoms with E-state index in [9.17, 15) is 10.1 Å².